The summed E-state index contributed by atoms with van der Waals surface area (Å²) in [5.74, 6) is -0.771. The fourth-order valence-electron chi connectivity index (χ4n) is 1.50. The van der Waals surface area contributed by atoms with E-state index < -0.39 is 36.0 Å². The number of nitrogens with zero attached hydrogens (tertiary/aromatic N) is 2. The number of nitro benzene ring substituents is 1. The monoisotopic (exact) mass is 264 g/mol. The van der Waals surface area contributed by atoms with Gasteiger partial charge < -0.3 is 10.0 Å². The van der Waals surface area contributed by atoms with Gasteiger partial charge in [-0.25, -0.2) is 13.2 Å². The molecule has 1 N–H and O–H groups in total. The molecule has 0 atom stereocenters. The van der Waals surface area contributed by atoms with E-state index in [4.69, 9.17) is 5.11 Å². The van der Waals surface area contributed by atoms with Gasteiger partial charge in [-0.15, -0.1) is 0 Å². The van der Waals surface area contributed by atoms with E-state index in [0.717, 1.165) is 23.1 Å². The van der Waals surface area contributed by atoms with Gasteiger partial charge in [0.05, 0.1) is 18.1 Å². The fraction of sp³-hybridized carbons (Fsp3) is 0.400. The minimum Gasteiger partial charge on any atom is -0.395 e. The van der Waals surface area contributed by atoms with E-state index >= 15 is 0 Å². The normalized spacial score (nSPS) is 10.7. The first-order valence-electron chi connectivity index (χ1n) is 5.03. The maximum absolute atomic E-state index is 13.0. The van der Waals surface area contributed by atoms with Gasteiger partial charge >= 0.3 is 0 Å². The van der Waals surface area contributed by atoms with E-state index in [0.29, 0.717) is 0 Å². The lowest BCUT2D eigenvalue weighted by atomic mass is 10.2. The molecule has 0 aromatic heterocycles. The number of anilines is 1. The second-order valence-electron chi connectivity index (χ2n) is 3.45. The van der Waals surface area contributed by atoms with Gasteiger partial charge in [0.25, 0.3) is 12.1 Å². The molecular formula is C10H11F3N2O3. The van der Waals surface area contributed by atoms with Crippen LogP contribution in [0.15, 0.2) is 18.2 Å². The predicted octanol–water partition coefficient (Wildman–Crippen LogP) is 1.80. The molecule has 0 radical (unpaired) electrons. The summed E-state index contributed by atoms with van der Waals surface area (Å²) in [6, 6.07) is 2.58. The molecule has 0 aliphatic carbocycles. The van der Waals surface area contributed by atoms with E-state index in [1.807, 2.05) is 0 Å². The Morgan fingerprint density at radius 2 is 2.11 bits per heavy atom. The van der Waals surface area contributed by atoms with Crippen LogP contribution in [-0.2, 0) is 0 Å². The van der Waals surface area contributed by atoms with Crippen LogP contribution in [-0.4, -0.2) is 36.2 Å². The number of halogens is 3. The Hall–Kier alpha value is -1.83. The largest absolute Gasteiger partial charge is 0.395 e. The average Bonchev–Trinajstić information content (AvgIpc) is 2.27. The number of rotatable bonds is 6. The number of aliphatic hydroxyl groups excluding tert-OH is 1. The number of hydrogen-bond donors (Lipinski definition) is 1. The summed E-state index contributed by atoms with van der Waals surface area (Å²) in [5.41, 5.74) is -0.750. The van der Waals surface area contributed by atoms with Crippen molar-refractivity contribution in [1.82, 2.24) is 0 Å². The highest BCUT2D eigenvalue weighted by Gasteiger charge is 2.22. The predicted molar refractivity (Wildman–Crippen MR) is 58.4 cm³/mol. The first kappa shape index (κ1) is 14.2. The molecular weight excluding hydrogens is 253 g/mol. The SMILES string of the molecule is O=[N+]([O-])c1ccc(F)cc1N(CCO)CC(F)F. The molecule has 0 bridgehead atoms. The maximum atomic E-state index is 13.0. The Balaban J connectivity index is 3.15. The summed E-state index contributed by atoms with van der Waals surface area (Å²) in [5, 5.41) is 19.5. The molecule has 1 rings (SSSR count). The lowest BCUT2D eigenvalue weighted by molar-refractivity contribution is -0.384. The van der Waals surface area contributed by atoms with Gasteiger partial charge in [0.15, 0.2) is 0 Å². The summed E-state index contributed by atoms with van der Waals surface area (Å²) in [6.07, 6.45) is -2.75. The van der Waals surface area contributed by atoms with Crippen LogP contribution in [0, 0.1) is 15.9 Å². The van der Waals surface area contributed by atoms with Gasteiger partial charge in [0.1, 0.15) is 11.5 Å². The number of benzene rings is 1. The molecule has 8 heteroatoms. The van der Waals surface area contributed by atoms with Crippen LogP contribution in [0.5, 0.6) is 0 Å². The first-order chi connectivity index (χ1) is 8.45. The van der Waals surface area contributed by atoms with Gasteiger partial charge in [0, 0.05) is 18.7 Å². The van der Waals surface area contributed by atoms with Gasteiger partial charge in [-0.3, -0.25) is 10.1 Å². The Bertz CT molecular complexity index is 429. The smallest absolute Gasteiger partial charge is 0.292 e. The summed E-state index contributed by atoms with van der Waals surface area (Å²) in [6.45, 7) is -1.53. The molecule has 0 saturated carbocycles. The topological polar surface area (TPSA) is 66.6 Å². The molecule has 0 unspecified atom stereocenters. The maximum Gasteiger partial charge on any atom is 0.292 e. The first-order valence-corrected chi connectivity index (χ1v) is 5.03. The van der Waals surface area contributed by atoms with Crippen molar-refractivity contribution in [3.8, 4) is 0 Å². The summed E-state index contributed by atoms with van der Waals surface area (Å²) in [4.78, 5) is 10.8. The van der Waals surface area contributed by atoms with Crippen LogP contribution in [0.2, 0.25) is 0 Å². The Morgan fingerprint density at radius 3 is 2.61 bits per heavy atom. The molecule has 1 aromatic carbocycles. The van der Waals surface area contributed by atoms with Crippen molar-refractivity contribution in [1.29, 1.82) is 0 Å². The molecule has 5 nitrogen and oxygen atoms in total. The van der Waals surface area contributed by atoms with Crippen molar-refractivity contribution >= 4 is 11.4 Å². The third-order valence-electron chi connectivity index (χ3n) is 2.20. The van der Waals surface area contributed by atoms with Crippen LogP contribution in [0.4, 0.5) is 24.5 Å². The average molecular weight is 264 g/mol. The Labute approximate surface area is 101 Å². The summed E-state index contributed by atoms with van der Waals surface area (Å²) < 4.78 is 37.7. The van der Waals surface area contributed by atoms with E-state index in [1.54, 1.807) is 0 Å². The van der Waals surface area contributed by atoms with Crippen LogP contribution in [0.25, 0.3) is 0 Å². The van der Waals surface area contributed by atoms with Gasteiger partial charge in [-0.2, -0.15) is 0 Å². The Kier molecular flexibility index (Phi) is 4.90. The van der Waals surface area contributed by atoms with E-state index in [2.05, 4.69) is 0 Å². The highest BCUT2D eigenvalue weighted by Crippen LogP contribution is 2.29. The highest BCUT2D eigenvalue weighted by molar-refractivity contribution is 5.63. The number of nitro groups is 1. The zero-order valence-corrected chi connectivity index (χ0v) is 9.22. The molecule has 0 fully saturated rings. The zero-order chi connectivity index (χ0) is 13.7. The van der Waals surface area contributed by atoms with Gasteiger partial charge in [0.2, 0.25) is 0 Å². The van der Waals surface area contributed by atoms with Crippen LogP contribution in [0.3, 0.4) is 0 Å². The second-order valence-corrected chi connectivity index (χ2v) is 3.45. The minimum atomic E-state index is -2.75. The lowest BCUT2D eigenvalue weighted by Gasteiger charge is -2.23. The molecule has 0 heterocycles. The quantitative estimate of drug-likeness (QED) is 0.628. The third-order valence-corrected chi connectivity index (χ3v) is 2.20. The number of hydrogen-bond acceptors (Lipinski definition) is 4. The fourth-order valence-corrected chi connectivity index (χ4v) is 1.50. The van der Waals surface area contributed by atoms with Crippen molar-refractivity contribution in [2.45, 2.75) is 6.43 Å². The van der Waals surface area contributed by atoms with E-state index in [1.165, 1.54) is 0 Å². The Morgan fingerprint density at radius 1 is 1.44 bits per heavy atom. The lowest BCUT2D eigenvalue weighted by Crippen LogP contribution is -2.32. The minimum absolute atomic E-state index is 0.241. The molecule has 0 aliphatic rings. The summed E-state index contributed by atoms with van der Waals surface area (Å²) >= 11 is 0. The van der Waals surface area contributed by atoms with Gasteiger partial charge in [-0.05, 0) is 6.07 Å². The molecule has 100 valence electrons. The number of alkyl halides is 2. The van der Waals surface area contributed by atoms with Crippen molar-refractivity contribution in [2.75, 3.05) is 24.6 Å². The summed E-state index contributed by atoms with van der Waals surface area (Å²) in [7, 11) is 0. The van der Waals surface area contributed by atoms with Gasteiger partial charge in [-0.1, -0.05) is 0 Å². The standard InChI is InChI=1S/C10H11F3N2O3/c11-7-1-2-8(15(17)18)9(5-7)14(3-4-16)6-10(12)13/h1-2,5,10,16H,3-4,6H2. The molecule has 18 heavy (non-hydrogen) atoms. The van der Waals surface area contributed by atoms with Crippen LogP contribution >= 0.6 is 0 Å². The van der Waals surface area contributed by atoms with Crippen molar-refractivity contribution in [2.24, 2.45) is 0 Å². The van der Waals surface area contributed by atoms with Crippen LogP contribution in [0.1, 0.15) is 0 Å². The highest BCUT2D eigenvalue weighted by atomic mass is 19.3. The molecule has 0 spiro atoms. The second kappa shape index (κ2) is 6.20. The van der Waals surface area contributed by atoms with Crippen molar-refractivity contribution in [3.05, 3.63) is 34.1 Å². The molecule has 0 saturated heterocycles. The van der Waals surface area contributed by atoms with Crippen LogP contribution < -0.4 is 4.90 Å². The molecule has 0 aliphatic heterocycles. The third kappa shape index (κ3) is 3.59. The zero-order valence-electron chi connectivity index (χ0n) is 9.22. The number of aliphatic hydroxyl groups is 1. The van der Waals surface area contributed by atoms with Crippen molar-refractivity contribution < 1.29 is 23.2 Å². The molecule has 0 amide bonds. The van der Waals surface area contributed by atoms with E-state index in [-0.39, 0.29) is 12.2 Å². The van der Waals surface area contributed by atoms with E-state index in [9.17, 15) is 23.3 Å². The van der Waals surface area contributed by atoms with Crippen molar-refractivity contribution in [3.63, 3.8) is 0 Å². The molecule has 1 aromatic rings.